The van der Waals surface area contributed by atoms with Crippen LogP contribution in [0.5, 0.6) is 0 Å². The summed E-state index contributed by atoms with van der Waals surface area (Å²) in [5.74, 6) is 0.352. The second kappa shape index (κ2) is 7.27. The lowest BCUT2D eigenvalue weighted by Gasteiger charge is -2.32. The van der Waals surface area contributed by atoms with Gasteiger partial charge in [-0.2, -0.15) is 0 Å². The van der Waals surface area contributed by atoms with Crippen molar-refractivity contribution in [1.29, 1.82) is 0 Å². The van der Waals surface area contributed by atoms with Gasteiger partial charge in [0.25, 0.3) is 0 Å². The van der Waals surface area contributed by atoms with E-state index in [1.165, 1.54) is 6.07 Å². The van der Waals surface area contributed by atoms with Gasteiger partial charge in [0.1, 0.15) is 5.82 Å². The predicted molar refractivity (Wildman–Crippen MR) is 78.1 cm³/mol. The summed E-state index contributed by atoms with van der Waals surface area (Å²) in [5, 5.41) is 2.85. The molecule has 0 aliphatic carbocycles. The molecule has 0 aromatic heterocycles. The normalized spacial score (nSPS) is 18.9. The van der Waals surface area contributed by atoms with E-state index in [1.54, 1.807) is 12.1 Å². The topological polar surface area (TPSA) is 32.3 Å². The van der Waals surface area contributed by atoms with Crippen LogP contribution in [-0.4, -0.2) is 30.6 Å². The highest BCUT2D eigenvalue weighted by Gasteiger charge is 2.22. The molecular weight excluding hydrogens is 255 g/mol. The van der Waals surface area contributed by atoms with Crippen molar-refractivity contribution >= 4 is 6.03 Å². The number of carbonyl (C=O) groups excluding carboxylic acids is 1. The molecule has 4 heteroatoms. The number of urea groups is 1. The molecule has 1 aliphatic rings. The van der Waals surface area contributed by atoms with Crippen molar-refractivity contribution in [3.8, 4) is 0 Å². The van der Waals surface area contributed by atoms with E-state index in [-0.39, 0.29) is 11.8 Å². The van der Waals surface area contributed by atoms with Crippen LogP contribution in [0.15, 0.2) is 24.3 Å². The second-order valence-electron chi connectivity index (χ2n) is 5.46. The molecule has 0 unspecified atom stereocenters. The molecule has 1 saturated heterocycles. The van der Waals surface area contributed by atoms with Crippen molar-refractivity contribution in [2.75, 3.05) is 19.6 Å². The Kier molecular flexibility index (Phi) is 5.39. The third-order valence-corrected chi connectivity index (χ3v) is 3.86. The lowest BCUT2D eigenvalue weighted by molar-refractivity contribution is 0.163. The van der Waals surface area contributed by atoms with Crippen LogP contribution in [0.1, 0.15) is 31.7 Å². The second-order valence-corrected chi connectivity index (χ2v) is 5.46. The number of carbonyl (C=O) groups is 1. The molecule has 1 aromatic carbocycles. The minimum absolute atomic E-state index is 0.0444. The van der Waals surface area contributed by atoms with Crippen LogP contribution < -0.4 is 5.32 Å². The molecule has 1 aromatic rings. The Morgan fingerprint density at radius 3 is 3.10 bits per heavy atom. The van der Waals surface area contributed by atoms with Crippen molar-refractivity contribution in [2.24, 2.45) is 5.92 Å². The van der Waals surface area contributed by atoms with Gasteiger partial charge in [-0.1, -0.05) is 12.1 Å². The number of hydrogen-bond acceptors (Lipinski definition) is 1. The molecule has 2 amide bonds. The van der Waals surface area contributed by atoms with Crippen molar-refractivity contribution in [3.63, 3.8) is 0 Å². The molecule has 3 nitrogen and oxygen atoms in total. The van der Waals surface area contributed by atoms with Crippen LogP contribution in [0, 0.1) is 11.7 Å². The highest BCUT2D eigenvalue weighted by atomic mass is 19.1. The van der Waals surface area contributed by atoms with Crippen molar-refractivity contribution in [3.05, 3.63) is 35.6 Å². The fourth-order valence-electron chi connectivity index (χ4n) is 2.81. The molecular formula is C16H23FN2O. The molecule has 1 heterocycles. The molecule has 0 radical (unpaired) electrons. The van der Waals surface area contributed by atoms with Crippen LogP contribution in [-0.2, 0) is 6.42 Å². The summed E-state index contributed by atoms with van der Waals surface area (Å²) in [6.45, 7) is 4.27. The maximum atomic E-state index is 13.1. The molecule has 0 bridgehead atoms. The Balaban J connectivity index is 1.82. The largest absolute Gasteiger partial charge is 0.338 e. The molecule has 1 aliphatic heterocycles. The van der Waals surface area contributed by atoms with Crippen molar-refractivity contribution < 1.29 is 9.18 Å². The molecule has 1 N–H and O–H groups in total. The van der Waals surface area contributed by atoms with Gasteiger partial charge in [0.2, 0.25) is 0 Å². The highest BCUT2D eigenvalue weighted by Crippen LogP contribution is 2.21. The number of aryl methyl sites for hydroxylation is 1. The van der Waals surface area contributed by atoms with E-state index in [2.05, 4.69) is 5.32 Å². The summed E-state index contributed by atoms with van der Waals surface area (Å²) in [5.41, 5.74) is 1.04. The van der Waals surface area contributed by atoms with Gasteiger partial charge in [-0.3, -0.25) is 0 Å². The first-order valence-corrected chi connectivity index (χ1v) is 7.46. The monoisotopic (exact) mass is 278 g/mol. The Labute approximate surface area is 120 Å². The van der Waals surface area contributed by atoms with Crippen LogP contribution in [0.2, 0.25) is 0 Å². The Bertz CT molecular complexity index is 450. The van der Waals surface area contributed by atoms with E-state index in [0.29, 0.717) is 12.5 Å². The number of nitrogens with zero attached hydrogens (tertiary/aromatic N) is 1. The highest BCUT2D eigenvalue weighted by molar-refractivity contribution is 5.74. The molecule has 2 rings (SSSR count). The van der Waals surface area contributed by atoms with Gasteiger partial charge >= 0.3 is 6.03 Å². The lowest BCUT2D eigenvalue weighted by atomic mass is 9.92. The fraction of sp³-hybridized carbons (Fsp3) is 0.562. The zero-order chi connectivity index (χ0) is 14.4. The molecule has 1 fully saturated rings. The molecule has 0 saturated carbocycles. The predicted octanol–water partition coefficient (Wildman–Crippen LogP) is 3.20. The number of rotatable bonds is 4. The summed E-state index contributed by atoms with van der Waals surface area (Å²) in [7, 11) is 0. The first-order chi connectivity index (χ1) is 9.69. The van der Waals surface area contributed by atoms with E-state index < -0.39 is 0 Å². The summed E-state index contributed by atoms with van der Waals surface area (Å²) in [4.78, 5) is 13.7. The Hall–Kier alpha value is -1.58. The summed E-state index contributed by atoms with van der Waals surface area (Å²) >= 11 is 0. The third-order valence-electron chi connectivity index (χ3n) is 3.86. The van der Waals surface area contributed by atoms with E-state index in [0.717, 1.165) is 44.3 Å². The minimum Gasteiger partial charge on any atom is -0.338 e. The van der Waals surface area contributed by atoms with Crippen LogP contribution in [0.4, 0.5) is 9.18 Å². The number of hydrogen-bond donors (Lipinski definition) is 1. The van der Waals surface area contributed by atoms with Gasteiger partial charge in [0, 0.05) is 19.6 Å². The molecule has 1 atom stereocenters. The van der Waals surface area contributed by atoms with Gasteiger partial charge in [-0.25, -0.2) is 9.18 Å². The van der Waals surface area contributed by atoms with Gasteiger partial charge in [0.05, 0.1) is 0 Å². The number of likely N-dealkylation sites (tertiary alicyclic amines) is 1. The Morgan fingerprint density at radius 2 is 2.35 bits per heavy atom. The summed E-state index contributed by atoms with van der Waals surface area (Å²) in [6, 6.07) is 6.84. The number of piperidine rings is 1. The zero-order valence-corrected chi connectivity index (χ0v) is 12.1. The first-order valence-electron chi connectivity index (χ1n) is 7.46. The Morgan fingerprint density at radius 1 is 1.50 bits per heavy atom. The van der Waals surface area contributed by atoms with E-state index in [4.69, 9.17) is 0 Å². The maximum absolute atomic E-state index is 13.1. The third kappa shape index (κ3) is 4.22. The first kappa shape index (κ1) is 14.8. The molecule has 20 heavy (non-hydrogen) atoms. The van der Waals surface area contributed by atoms with Gasteiger partial charge in [0.15, 0.2) is 0 Å². The molecule has 110 valence electrons. The number of amides is 2. The van der Waals surface area contributed by atoms with Crippen molar-refractivity contribution in [1.82, 2.24) is 10.2 Å². The minimum atomic E-state index is -0.171. The van der Waals surface area contributed by atoms with E-state index in [1.807, 2.05) is 17.9 Å². The van der Waals surface area contributed by atoms with Gasteiger partial charge < -0.3 is 10.2 Å². The van der Waals surface area contributed by atoms with Crippen LogP contribution in [0.3, 0.4) is 0 Å². The SMILES string of the molecule is CCNC(=O)N1CCC[C@H](CCc2cccc(F)c2)C1. The van der Waals surface area contributed by atoms with Crippen LogP contribution in [0.25, 0.3) is 0 Å². The standard InChI is InChI=1S/C16H23FN2O/c1-2-18-16(20)19-10-4-6-14(12-19)9-8-13-5-3-7-15(17)11-13/h3,5,7,11,14H,2,4,6,8-10,12H2,1H3,(H,18,20)/t14-/m1/s1. The number of benzene rings is 1. The average molecular weight is 278 g/mol. The van der Waals surface area contributed by atoms with E-state index in [9.17, 15) is 9.18 Å². The summed E-state index contributed by atoms with van der Waals surface area (Å²) < 4.78 is 13.1. The summed E-state index contributed by atoms with van der Waals surface area (Å²) in [6.07, 6.45) is 4.11. The number of halogens is 1. The van der Waals surface area contributed by atoms with Crippen molar-refractivity contribution in [2.45, 2.75) is 32.6 Å². The lowest BCUT2D eigenvalue weighted by Crippen LogP contribution is -2.45. The zero-order valence-electron chi connectivity index (χ0n) is 12.1. The van der Waals surface area contributed by atoms with E-state index >= 15 is 0 Å². The van der Waals surface area contributed by atoms with Crippen LogP contribution >= 0.6 is 0 Å². The maximum Gasteiger partial charge on any atom is 0.317 e. The molecule has 0 spiro atoms. The van der Waals surface area contributed by atoms with Gasteiger partial charge in [-0.15, -0.1) is 0 Å². The quantitative estimate of drug-likeness (QED) is 0.901. The fourth-order valence-corrected chi connectivity index (χ4v) is 2.81. The average Bonchev–Trinajstić information content (AvgIpc) is 2.46. The smallest absolute Gasteiger partial charge is 0.317 e. The van der Waals surface area contributed by atoms with Gasteiger partial charge in [-0.05, 0) is 56.2 Å². The number of nitrogens with one attached hydrogen (secondary N) is 1.